The number of hydrogen-bond donors (Lipinski definition) is 0. The molecule has 0 N–H and O–H groups in total. The first kappa shape index (κ1) is 32.4. The van der Waals surface area contributed by atoms with Crippen LogP contribution in [0.1, 0.15) is 0 Å². The summed E-state index contributed by atoms with van der Waals surface area (Å²) < 4.78 is 15.4. The zero-order valence-electron chi connectivity index (χ0n) is 31.3. The van der Waals surface area contributed by atoms with Gasteiger partial charge in [-0.1, -0.05) is 133 Å². The highest BCUT2D eigenvalue weighted by molar-refractivity contribution is 6.16. The smallest absolute Gasteiger partial charge is 0.159 e. The molecule has 4 heteroatoms. The Morgan fingerprint density at radius 2 is 0.914 bits per heavy atom. The molecule has 0 aliphatic heterocycles. The highest BCUT2D eigenvalue weighted by Crippen LogP contribution is 2.47. The molecule has 0 spiro atoms. The van der Waals surface area contributed by atoms with Crippen molar-refractivity contribution in [2.75, 3.05) is 4.90 Å². The molecule has 4 nitrogen and oxygen atoms in total. The predicted octanol–water partition coefficient (Wildman–Crippen LogP) is 15.4. The van der Waals surface area contributed by atoms with Crippen LogP contribution in [0.4, 0.5) is 17.1 Å². The minimum Gasteiger partial charge on any atom is -0.456 e. The van der Waals surface area contributed by atoms with Gasteiger partial charge in [0.25, 0.3) is 0 Å². The van der Waals surface area contributed by atoms with Crippen LogP contribution < -0.4 is 4.90 Å². The second kappa shape index (κ2) is 12.9. The van der Waals surface area contributed by atoms with E-state index in [4.69, 9.17) is 8.83 Å². The lowest BCUT2D eigenvalue weighted by Gasteiger charge is -2.26. The fourth-order valence-electron chi connectivity index (χ4n) is 8.93. The Kier molecular flexibility index (Phi) is 7.20. The first-order chi connectivity index (χ1) is 28.8. The average Bonchev–Trinajstić information content (AvgIpc) is 3.97. The van der Waals surface area contributed by atoms with E-state index in [2.05, 4.69) is 191 Å². The second-order valence-corrected chi connectivity index (χ2v) is 14.9. The molecule has 0 unspecified atom stereocenters. The summed E-state index contributed by atoms with van der Waals surface area (Å²) in [6, 6.07) is 73.2. The van der Waals surface area contributed by atoms with Crippen LogP contribution >= 0.6 is 0 Å². The average molecular weight is 743 g/mol. The molecule has 0 atom stereocenters. The lowest BCUT2D eigenvalue weighted by molar-refractivity contribution is 0.668. The fraction of sp³-hybridized carbons (Fsp3) is 0. The Labute approximate surface area is 334 Å². The topological polar surface area (TPSA) is 34.5 Å². The van der Waals surface area contributed by atoms with Crippen molar-refractivity contribution in [2.45, 2.75) is 0 Å². The highest BCUT2D eigenvalue weighted by atomic mass is 16.3. The maximum absolute atomic E-state index is 6.65. The van der Waals surface area contributed by atoms with Crippen LogP contribution in [0.2, 0.25) is 0 Å². The molecular weight excluding hydrogens is 709 g/mol. The molecule has 0 aliphatic rings. The van der Waals surface area contributed by atoms with Crippen molar-refractivity contribution in [3.63, 3.8) is 0 Å². The minimum atomic E-state index is 0.842. The highest BCUT2D eigenvalue weighted by Gasteiger charge is 2.23. The Bertz CT molecular complexity index is 3500. The van der Waals surface area contributed by atoms with E-state index in [9.17, 15) is 0 Å². The third kappa shape index (κ3) is 5.02. The van der Waals surface area contributed by atoms with Crippen LogP contribution in [0, 0.1) is 0 Å². The van der Waals surface area contributed by atoms with Crippen molar-refractivity contribution >= 4 is 82.7 Å². The molecule has 0 radical (unpaired) electrons. The predicted molar refractivity (Wildman–Crippen MR) is 241 cm³/mol. The molecule has 9 aromatic carbocycles. The van der Waals surface area contributed by atoms with Crippen LogP contribution in [0.15, 0.2) is 215 Å². The van der Waals surface area contributed by atoms with Gasteiger partial charge in [0.1, 0.15) is 16.7 Å². The van der Waals surface area contributed by atoms with Crippen molar-refractivity contribution in [2.24, 2.45) is 0 Å². The van der Waals surface area contributed by atoms with Gasteiger partial charge < -0.3 is 18.3 Å². The Morgan fingerprint density at radius 3 is 1.74 bits per heavy atom. The maximum atomic E-state index is 6.65. The third-order valence-corrected chi connectivity index (χ3v) is 11.6. The summed E-state index contributed by atoms with van der Waals surface area (Å²) in [5.41, 5.74) is 14.7. The van der Waals surface area contributed by atoms with Crippen LogP contribution in [0.25, 0.3) is 93.6 Å². The quantitative estimate of drug-likeness (QED) is 0.170. The molecule has 0 amide bonds. The fourth-order valence-corrected chi connectivity index (χ4v) is 8.93. The third-order valence-electron chi connectivity index (χ3n) is 11.6. The van der Waals surface area contributed by atoms with E-state index in [1.165, 1.54) is 32.9 Å². The molecule has 0 saturated carbocycles. The zero-order chi connectivity index (χ0) is 38.2. The van der Waals surface area contributed by atoms with Crippen molar-refractivity contribution in [1.29, 1.82) is 0 Å². The van der Waals surface area contributed by atoms with E-state index in [0.29, 0.717) is 0 Å². The van der Waals surface area contributed by atoms with Gasteiger partial charge in [0.2, 0.25) is 0 Å². The normalized spacial score (nSPS) is 11.8. The van der Waals surface area contributed by atoms with Crippen molar-refractivity contribution in [3.8, 4) is 27.9 Å². The summed E-state index contributed by atoms with van der Waals surface area (Å²) in [5.74, 6) is 0. The van der Waals surface area contributed by atoms with E-state index in [0.717, 1.165) is 77.8 Å². The molecule has 58 heavy (non-hydrogen) atoms. The van der Waals surface area contributed by atoms with Gasteiger partial charge in [-0.05, 0) is 95.1 Å². The van der Waals surface area contributed by atoms with E-state index in [-0.39, 0.29) is 0 Å². The van der Waals surface area contributed by atoms with Crippen molar-refractivity contribution < 1.29 is 8.83 Å². The molecule has 12 rings (SSSR count). The number of benzene rings is 9. The second-order valence-electron chi connectivity index (χ2n) is 14.9. The first-order valence-electron chi connectivity index (χ1n) is 19.7. The number of furan rings is 2. The molecule has 0 aliphatic carbocycles. The van der Waals surface area contributed by atoms with Crippen molar-refractivity contribution in [1.82, 2.24) is 4.57 Å². The zero-order valence-corrected chi connectivity index (χ0v) is 31.3. The first-order valence-corrected chi connectivity index (χ1v) is 19.7. The van der Waals surface area contributed by atoms with E-state index >= 15 is 0 Å². The Balaban J connectivity index is 0.994. The molecule has 272 valence electrons. The monoisotopic (exact) mass is 742 g/mol. The number of nitrogens with zero attached hydrogens (tertiary/aromatic N) is 2. The van der Waals surface area contributed by atoms with Gasteiger partial charge in [-0.3, -0.25) is 0 Å². The molecular formula is C54H34N2O2. The summed E-state index contributed by atoms with van der Waals surface area (Å²) in [7, 11) is 0. The van der Waals surface area contributed by atoms with Gasteiger partial charge >= 0.3 is 0 Å². The van der Waals surface area contributed by atoms with Crippen molar-refractivity contribution in [3.05, 3.63) is 206 Å². The number of rotatable bonds is 6. The SMILES string of the molecule is c1ccc(-c2ccc(-n3c4ccccc4c4cc(-c5ccc(N(c6cccc7c6oc6ccccc67)c6cccc7oc8ccccc8c67)cc5)ccc43)cc2)cc1. The molecule has 0 saturated heterocycles. The summed E-state index contributed by atoms with van der Waals surface area (Å²) in [5, 5.41) is 6.77. The number of aromatic nitrogens is 1. The lowest BCUT2D eigenvalue weighted by Crippen LogP contribution is -2.10. The van der Waals surface area contributed by atoms with Gasteiger partial charge in [-0.25, -0.2) is 0 Å². The van der Waals surface area contributed by atoms with Gasteiger partial charge in [0, 0.05) is 38.3 Å². The summed E-state index contributed by atoms with van der Waals surface area (Å²) in [6.45, 7) is 0. The van der Waals surface area contributed by atoms with Gasteiger partial charge in [-0.15, -0.1) is 0 Å². The van der Waals surface area contributed by atoms with Gasteiger partial charge in [0.15, 0.2) is 5.58 Å². The standard InChI is InChI=1S/C54H34N2O2/c1-2-12-35(13-3-1)36-24-29-39(30-25-36)55-46-18-7-4-14-41(46)45-34-38(28-33-47(45)55)37-26-31-40(32-27-37)56(48-19-11-23-52-53(48)44-16-6-9-22-51(44)57-52)49-20-10-17-43-42-15-5-8-21-50(42)58-54(43)49/h1-34H. The van der Waals surface area contributed by atoms with E-state index in [1.54, 1.807) is 0 Å². The summed E-state index contributed by atoms with van der Waals surface area (Å²) >= 11 is 0. The molecule has 3 heterocycles. The largest absolute Gasteiger partial charge is 0.456 e. The molecule has 0 fully saturated rings. The minimum absolute atomic E-state index is 0.842. The van der Waals surface area contributed by atoms with E-state index < -0.39 is 0 Å². The summed E-state index contributed by atoms with van der Waals surface area (Å²) in [6.07, 6.45) is 0. The van der Waals surface area contributed by atoms with Crippen LogP contribution in [-0.4, -0.2) is 4.57 Å². The number of para-hydroxylation sites is 4. The van der Waals surface area contributed by atoms with Gasteiger partial charge in [-0.2, -0.15) is 0 Å². The van der Waals surface area contributed by atoms with E-state index in [1.807, 2.05) is 24.3 Å². The number of anilines is 3. The molecule has 3 aromatic heterocycles. The Hall–Kier alpha value is -7.82. The number of fused-ring (bicyclic) bond motifs is 9. The van der Waals surface area contributed by atoms with Crippen LogP contribution in [0.3, 0.4) is 0 Å². The molecule has 12 aromatic rings. The van der Waals surface area contributed by atoms with Crippen LogP contribution in [-0.2, 0) is 0 Å². The van der Waals surface area contributed by atoms with Crippen LogP contribution in [0.5, 0.6) is 0 Å². The maximum Gasteiger partial charge on any atom is 0.159 e. The van der Waals surface area contributed by atoms with Gasteiger partial charge in [0.05, 0.1) is 27.8 Å². The number of hydrogen-bond acceptors (Lipinski definition) is 3. The molecule has 0 bridgehead atoms. The Morgan fingerprint density at radius 1 is 0.345 bits per heavy atom. The lowest BCUT2D eigenvalue weighted by atomic mass is 10.0. The summed E-state index contributed by atoms with van der Waals surface area (Å²) in [4.78, 5) is 2.32.